The Kier molecular flexibility index (Phi) is 6.09. The second-order valence-corrected chi connectivity index (χ2v) is 6.68. The quantitative estimate of drug-likeness (QED) is 0.800. The molecule has 0 saturated carbocycles. The van der Waals surface area contributed by atoms with Crippen molar-refractivity contribution >= 4 is 28.6 Å². The average Bonchev–Trinajstić information content (AvgIpc) is 2.99. The molecule has 0 radical (unpaired) electrons. The van der Waals surface area contributed by atoms with Crippen LogP contribution < -0.4 is 10.6 Å². The van der Waals surface area contributed by atoms with Gasteiger partial charge in [-0.2, -0.15) is 0 Å². The molecule has 4 heteroatoms. The van der Waals surface area contributed by atoms with E-state index < -0.39 is 0 Å². The van der Waals surface area contributed by atoms with Crippen LogP contribution in [-0.2, 0) is 13.0 Å². The normalized spacial score (nSPS) is 12.4. The highest BCUT2D eigenvalue weighted by molar-refractivity contribution is 7.09. The van der Waals surface area contributed by atoms with Crippen LogP contribution in [0.4, 0.5) is 5.69 Å². The average molecular weight is 323 g/mol. The second-order valence-electron chi connectivity index (χ2n) is 5.24. The molecule has 2 rings (SSSR count). The molecule has 0 spiro atoms. The topological polar surface area (TPSA) is 29.3 Å². The lowest BCUT2D eigenvalue weighted by Crippen LogP contribution is -2.23. The third-order valence-corrected chi connectivity index (χ3v) is 4.93. The van der Waals surface area contributed by atoms with Crippen LogP contribution in [0.15, 0.2) is 35.7 Å². The van der Waals surface area contributed by atoms with Crippen LogP contribution in [0, 0.1) is 0 Å². The Morgan fingerprint density at radius 2 is 2.10 bits per heavy atom. The van der Waals surface area contributed by atoms with Crippen LogP contribution in [0.5, 0.6) is 0 Å². The van der Waals surface area contributed by atoms with Crippen LogP contribution in [0.25, 0.3) is 0 Å². The van der Waals surface area contributed by atoms with E-state index in [1.165, 1.54) is 10.6 Å². The van der Waals surface area contributed by atoms with Crippen LogP contribution >= 0.6 is 22.9 Å². The first-order valence-electron chi connectivity index (χ1n) is 7.45. The Hall–Kier alpha value is -1.03. The Morgan fingerprint density at radius 1 is 1.29 bits per heavy atom. The van der Waals surface area contributed by atoms with Crippen molar-refractivity contribution in [1.82, 2.24) is 0 Å². The van der Waals surface area contributed by atoms with Gasteiger partial charge in [-0.1, -0.05) is 30.7 Å². The summed E-state index contributed by atoms with van der Waals surface area (Å²) >= 11 is 8.22. The molecule has 1 aromatic carbocycles. The zero-order valence-corrected chi connectivity index (χ0v) is 14.3. The molecule has 1 heterocycles. The van der Waals surface area contributed by atoms with E-state index in [9.17, 15) is 0 Å². The van der Waals surface area contributed by atoms with Gasteiger partial charge in [-0.3, -0.25) is 0 Å². The first-order chi connectivity index (χ1) is 10.1. The molecule has 1 aromatic heterocycles. The summed E-state index contributed by atoms with van der Waals surface area (Å²) in [4.78, 5) is 3.70. The van der Waals surface area contributed by atoms with E-state index in [0.717, 1.165) is 36.5 Å². The van der Waals surface area contributed by atoms with Crippen molar-refractivity contribution in [1.29, 1.82) is 0 Å². The molecule has 0 aliphatic rings. The fourth-order valence-electron chi connectivity index (χ4n) is 2.30. The van der Waals surface area contributed by atoms with Crippen molar-refractivity contribution in [3.05, 3.63) is 51.2 Å². The van der Waals surface area contributed by atoms with Gasteiger partial charge < -0.3 is 10.6 Å². The Morgan fingerprint density at radius 3 is 2.67 bits per heavy atom. The van der Waals surface area contributed by atoms with Gasteiger partial charge >= 0.3 is 0 Å². The van der Waals surface area contributed by atoms with Crippen molar-refractivity contribution in [3.8, 4) is 0 Å². The lowest BCUT2D eigenvalue weighted by atomic mass is 10.0. The SMILES string of the molecule is CCC(N)Cc1ccc(N(CC)Cc2cccs2)cc1Cl. The van der Waals surface area contributed by atoms with Gasteiger partial charge in [0.15, 0.2) is 0 Å². The summed E-state index contributed by atoms with van der Waals surface area (Å²) in [5, 5.41) is 2.94. The largest absolute Gasteiger partial charge is 0.367 e. The first-order valence-corrected chi connectivity index (χ1v) is 8.71. The highest BCUT2D eigenvalue weighted by Crippen LogP contribution is 2.26. The van der Waals surface area contributed by atoms with Crippen molar-refractivity contribution in [3.63, 3.8) is 0 Å². The maximum Gasteiger partial charge on any atom is 0.0522 e. The molecular formula is C17H23ClN2S. The molecular weight excluding hydrogens is 300 g/mol. The molecule has 21 heavy (non-hydrogen) atoms. The molecule has 0 saturated heterocycles. The zero-order chi connectivity index (χ0) is 15.2. The van der Waals surface area contributed by atoms with Gasteiger partial charge in [0.2, 0.25) is 0 Å². The highest BCUT2D eigenvalue weighted by atomic mass is 35.5. The summed E-state index contributed by atoms with van der Waals surface area (Å²) < 4.78 is 0. The first kappa shape index (κ1) is 16.3. The van der Waals surface area contributed by atoms with Crippen LogP contribution in [0.3, 0.4) is 0 Å². The summed E-state index contributed by atoms with van der Waals surface area (Å²) in [6.07, 6.45) is 1.81. The van der Waals surface area contributed by atoms with E-state index in [0.29, 0.717) is 0 Å². The van der Waals surface area contributed by atoms with Gasteiger partial charge in [0.1, 0.15) is 0 Å². The molecule has 114 valence electrons. The van der Waals surface area contributed by atoms with Crippen molar-refractivity contribution in [2.45, 2.75) is 39.3 Å². The number of benzene rings is 1. The van der Waals surface area contributed by atoms with Crippen molar-refractivity contribution in [2.75, 3.05) is 11.4 Å². The fraction of sp³-hybridized carbons (Fsp3) is 0.412. The van der Waals surface area contributed by atoms with Gasteiger partial charge in [-0.05, 0) is 48.9 Å². The zero-order valence-electron chi connectivity index (χ0n) is 12.7. The van der Waals surface area contributed by atoms with Gasteiger partial charge in [-0.25, -0.2) is 0 Å². The Balaban J connectivity index is 2.13. The minimum Gasteiger partial charge on any atom is -0.367 e. The Bertz CT molecular complexity index is 554. The Labute approximate surface area is 136 Å². The standard InChI is InChI=1S/C17H23ClN2S/c1-3-14(19)10-13-7-8-15(11-17(13)18)20(4-2)12-16-6-5-9-21-16/h5-9,11,14H,3-4,10,12,19H2,1-2H3. The van der Waals surface area contributed by atoms with Crippen LogP contribution in [0.1, 0.15) is 30.7 Å². The lowest BCUT2D eigenvalue weighted by Gasteiger charge is -2.23. The number of hydrogen-bond acceptors (Lipinski definition) is 3. The molecule has 1 unspecified atom stereocenters. The van der Waals surface area contributed by atoms with Gasteiger partial charge in [-0.15, -0.1) is 11.3 Å². The van der Waals surface area contributed by atoms with Gasteiger partial charge in [0.25, 0.3) is 0 Å². The predicted octanol–water partition coefficient (Wildman–Crippen LogP) is 4.71. The number of nitrogens with two attached hydrogens (primary N) is 1. The predicted molar refractivity (Wildman–Crippen MR) is 94.5 cm³/mol. The summed E-state index contributed by atoms with van der Waals surface area (Å²) in [6.45, 7) is 6.16. The third kappa shape index (κ3) is 4.47. The van der Waals surface area contributed by atoms with E-state index in [4.69, 9.17) is 17.3 Å². The summed E-state index contributed by atoms with van der Waals surface area (Å²) in [7, 11) is 0. The second kappa shape index (κ2) is 7.83. The number of thiophene rings is 1. The molecule has 2 N–H and O–H groups in total. The number of rotatable bonds is 7. The lowest BCUT2D eigenvalue weighted by molar-refractivity contribution is 0.646. The van der Waals surface area contributed by atoms with E-state index in [-0.39, 0.29) is 6.04 Å². The van der Waals surface area contributed by atoms with E-state index >= 15 is 0 Å². The molecule has 0 aliphatic carbocycles. The maximum atomic E-state index is 6.43. The van der Waals surface area contributed by atoms with E-state index in [1.54, 1.807) is 11.3 Å². The summed E-state index contributed by atoms with van der Waals surface area (Å²) in [5.74, 6) is 0. The van der Waals surface area contributed by atoms with Crippen LogP contribution in [-0.4, -0.2) is 12.6 Å². The van der Waals surface area contributed by atoms with Crippen LogP contribution in [0.2, 0.25) is 5.02 Å². The maximum absolute atomic E-state index is 6.43. The minimum atomic E-state index is 0.182. The molecule has 2 aromatic rings. The van der Waals surface area contributed by atoms with E-state index in [2.05, 4.69) is 54.5 Å². The molecule has 2 nitrogen and oxygen atoms in total. The number of anilines is 1. The highest BCUT2D eigenvalue weighted by Gasteiger charge is 2.10. The fourth-order valence-corrected chi connectivity index (χ4v) is 3.27. The van der Waals surface area contributed by atoms with Gasteiger partial charge in [0, 0.05) is 28.2 Å². The molecule has 0 fully saturated rings. The third-order valence-electron chi connectivity index (χ3n) is 3.72. The van der Waals surface area contributed by atoms with Crippen molar-refractivity contribution in [2.24, 2.45) is 5.73 Å². The molecule has 1 atom stereocenters. The number of halogens is 1. The van der Waals surface area contributed by atoms with E-state index in [1.807, 2.05) is 0 Å². The molecule has 0 bridgehead atoms. The molecule has 0 amide bonds. The smallest absolute Gasteiger partial charge is 0.0522 e. The van der Waals surface area contributed by atoms with Crippen molar-refractivity contribution < 1.29 is 0 Å². The van der Waals surface area contributed by atoms with Gasteiger partial charge in [0.05, 0.1) is 6.54 Å². The number of nitrogens with zero attached hydrogens (tertiary/aromatic N) is 1. The minimum absolute atomic E-state index is 0.182. The number of hydrogen-bond donors (Lipinski definition) is 1. The molecule has 0 aliphatic heterocycles. The summed E-state index contributed by atoms with van der Waals surface area (Å²) in [5.41, 5.74) is 8.33. The monoisotopic (exact) mass is 322 g/mol. The summed E-state index contributed by atoms with van der Waals surface area (Å²) in [6, 6.07) is 10.8.